The van der Waals surface area contributed by atoms with Crippen molar-refractivity contribution in [3.05, 3.63) is 52.5 Å². The van der Waals surface area contributed by atoms with E-state index < -0.39 is 26.5 Å². The molecule has 0 amide bonds. The molecule has 0 aliphatic carbocycles. The molecule has 2 rings (SSSR count). The molecule has 3 N–H and O–H groups in total. The molecule has 10 heteroatoms. The van der Waals surface area contributed by atoms with Gasteiger partial charge in [0.05, 0.1) is 16.0 Å². The lowest BCUT2D eigenvalue weighted by molar-refractivity contribution is -0.384. The maximum absolute atomic E-state index is 12.7. The number of benzene rings is 1. The van der Waals surface area contributed by atoms with Gasteiger partial charge in [-0.1, -0.05) is 0 Å². The summed E-state index contributed by atoms with van der Waals surface area (Å²) in [4.78, 5) is 13.2. The fraction of sp³-hybridized carbons (Fsp3) is 0. The highest BCUT2D eigenvalue weighted by atomic mass is 32.2. The average molecular weight is 312 g/mol. The Morgan fingerprint density at radius 3 is 2.57 bits per heavy atom. The highest BCUT2D eigenvalue weighted by Crippen LogP contribution is 2.25. The SMILES string of the molecule is Nc1ccc(S(=O)(=O)Nc2ccc(F)cn2)cc1[N+](=O)[O-]. The van der Waals surface area contributed by atoms with Gasteiger partial charge >= 0.3 is 0 Å². The molecule has 110 valence electrons. The first-order valence-electron chi connectivity index (χ1n) is 5.48. The summed E-state index contributed by atoms with van der Waals surface area (Å²) in [6, 6.07) is 5.22. The van der Waals surface area contributed by atoms with Crippen molar-refractivity contribution in [1.29, 1.82) is 0 Å². The number of pyridine rings is 1. The van der Waals surface area contributed by atoms with Crippen LogP contribution in [0.1, 0.15) is 0 Å². The summed E-state index contributed by atoms with van der Waals surface area (Å²) in [5, 5.41) is 10.8. The predicted octanol–water partition coefficient (Wildman–Crippen LogP) is 1.51. The third kappa shape index (κ3) is 3.23. The highest BCUT2D eigenvalue weighted by molar-refractivity contribution is 7.92. The highest BCUT2D eigenvalue weighted by Gasteiger charge is 2.20. The van der Waals surface area contributed by atoms with E-state index in [1.807, 2.05) is 0 Å². The van der Waals surface area contributed by atoms with E-state index in [1.165, 1.54) is 0 Å². The lowest BCUT2D eigenvalue weighted by Gasteiger charge is -2.07. The summed E-state index contributed by atoms with van der Waals surface area (Å²) in [6.45, 7) is 0. The summed E-state index contributed by atoms with van der Waals surface area (Å²) >= 11 is 0. The van der Waals surface area contributed by atoms with Crippen LogP contribution in [-0.4, -0.2) is 18.3 Å². The van der Waals surface area contributed by atoms with Gasteiger partial charge in [-0.05, 0) is 24.3 Å². The van der Waals surface area contributed by atoms with Gasteiger partial charge in [0.1, 0.15) is 17.3 Å². The smallest absolute Gasteiger partial charge is 0.293 e. The van der Waals surface area contributed by atoms with Crippen LogP contribution in [0.3, 0.4) is 0 Å². The van der Waals surface area contributed by atoms with Crippen LogP contribution in [0.15, 0.2) is 41.4 Å². The number of nitrogens with two attached hydrogens (primary N) is 1. The van der Waals surface area contributed by atoms with Crippen molar-refractivity contribution in [2.45, 2.75) is 4.90 Å². The Kier molecular flexibility index (Phi) is 3.72. The topological polar surface area (TPSA) is 128 Å². The van der Waals surface area contributed by atoms with Gasteiger partial charge in [-0.3, -0.25) is 14.8 Å². The predicted molar refractivity (Wildman–Crippen MR) is 72.5 cm³/mol. The van der Waals surface area contributed by atoms with Crippen molar-refractivity contribution < 1.29 is 17.7 Å². The molecule has 0 aliphatic heterocycles. The number of nitrogens with one attached hydrogen (secondary N) is 1. The fourth-order valence-corrected chi connectivity index (χ4v) is 2.51. The molecule has 0 saturated heterocycles. The molecule has 2 aromatic rings. The van der Waals surface area contributed by atoms with Crippen LogP contribution in [0.2, 0.25) is 0 Å². The van der Waals surface area contributed by atoms with E-state index in [1.54, 1.807) is 0 Å². The number of aromatic nitrogens is 1. The molecule has 0 radical (unpaired) electrons. The Hall–Kier alpha value is -2.75. The van der Waals surface area contributed by atoms with Gasteiger partial charge in [-0.2, -0.15) is 0 Å². The zero-order chi connectivity index (χ0) is 15.6. The Morgan fingerprint density at radius 2 is 2.00 bits per heavy atom. The minimum atomic E-state index is -4.09. The van der Waals surface area contributed by atoms with E-state index in [4.69, 9.17) is 5.73 Å². The number of hydrogen-bond acceptors (Lipinski definition) is 6. The maximum Gasteiger partial charge on any atom is 0.293 e. The van der Waals surface area contributed by atoms with Gasteiger partial charge in [0, 0.05) is 6.07 Å². The van der Waals surface area contributed by atoms with Gasteiger partial charge in [0.2, 0.25) is 0 Å². The Labute approximate surface area is 118 Å². The van der Waals surface area contributed by atoms with E-state index >= 15 is 0 Å². The van der Waals surface area contributed by atoms with Crippen molar-refractivity contribution >= 4 is 27.2 Å². The second-order valence-corrected chi connectivity index (χ2v) is 5.63. The number of nitro groups is 1. The molecule has 1 aromatic heterocycles. The second kappa shape index (κ2) is 5.32. The normalized spacial score (nSPS) is 11.1. The van der Waals surface area contributed by atoms with Crippen LogP contribution in [-0.2, 0) is 10.0 Å². The summed E-state index contributed by atoms with van der Waals surface area (Å²) in [7, 11) is -4.09. The third-order valence-electron chi connectivity index (χ3n) is 2.48. The fourth-order valence-electron chi connectivity index (χ4n) is 1.48. The monoisotopic (exact) mass is 312 g/mol. The second-order valence-electron chi connectivity index (χ2n) is 3.94. The molecule has 1 aromatic carbocycles. The molecular formula is C11H9FN4O4S. The number of nitro benzene ring substituents is 1. The molecule has 0 saturated carbocycles. The molecule has 0 fully saturated rings. The number of anilines is 2. The number of sulfonamides is 1. The van der Waals surface area contributed by atoms with E-state index in [0.717, 1.165) is 36.5 Å². The standard InChI is InChI=1S/C11H9FN4O4S/c12-7-1-4-11(14-6-7)15-21(19,20)8-2-3-9(13)10(5-8)16(17)18/h1-6H,13H2,(H,14,15). The van der Waals surface area contributed by atoms with Gasteiger partial charge in [0.25, 0.3) is 15.7 Å². The number of nitrogens with zero attached hydrogens (tertiary/aromatic N) is 2. The lowest BCUT2D eigenvalue weighted by Crippen LogP contribution is -2.14. The Morgan fingerprint density at radius 1 is 1.29 bits per heavy atom. The largest absolute Gasteiger partial charge is 0.393 e. The zero-order valence-electron chi connectivity index (χ0n) is 10.4. The molecule has 0 spiro atoms. The minimum Gasteiger partial charge on any atom is -0.393 e. The van der Waals surface area contributed by atoms with E-state index in [-0.39, 0.29) is 16.4 Å². The van der Waals surface area contributed by atoms with Crippen LogP contribution in [0, 0.1) is 15.9 Å². The van der Waals surface area contributed by atoms with E-state index in [2.05, 4.69) is 9.71 Å². The van der Waals surface area contributed by atoms with Crippen molar-refractivity contribution in [1.82, 2.24) is 4.98 Å². The summed E-state index contributed by atoms with van der Waals surface area (Å²) in [5.41, 5.74) is 4.71. The van der Waals surface area contributed by atoms with Crippen LogP contribution in [0.5, 0.6) is 0 Å². The quantitative estimate of drug-likeness (QED) is 0.500. The molecule has 1 heterocycles. The van der Waals surface area contributed by atoms with E-state index in [9.17, 15) is 22.9 Å². The number of nitrogen functional groups attached to an aromatic ring is 1. The van der Waals surface area contributed by atoms with Gasteiger partial charge in [-0.15, -0.1) is 0 Å². The van der Waals surface area contributed by atoms with Crippen molar-refractivity contribution in [2.24, 2.45) is 0 Å². The van der Waals surface area contributed by atoms with E-state index in [0.29, 0.717) is 0 Å². The first-order valence-corrected chi connectivity index (χ1v) is 6.96. The van der Waals surface area contributed by atoms with Crippen LogP contribution >= 0.6 is 0 Å². The summed E-state index contributed by atoms with van der Waals surface area (Å²) in [5.74, 6) is -0.739. The first-order chi connectivity index (χ1) is 9.79. The minimum absolute atomic E-state index is 0.115. The average Bonchev–Trinajstić information content (AvgIpc) is 2.41. The van der Waals surface area contributed by atoms with Crippen LogP contribution in [0.25, 0.3) is 0 Å². The molecular weight excluding hydrogens is 303 g/mol. The van der Waals surface area contributed by atoms with Gasteiger partial charge in [-0.25, -0.2) is 17.8 Å². The molecule has 0 aliphatic rings. The molecule has 0 unspecified atom stereocenters. The molecule has 8 nitrogen and oxygen atoms in total. The van der Waals surface area contributed by atoms with Gasteiger partial charge in [0.15, 0.2) is 0 Å². The lowest BCUT2D eigenvalue weighted by atomic mass is 10.3. The summed E-state index contributed by atoms with van der Waals surface area (Å²) < 4.78 is 38.9. The van der Waals surface area contributed by atoms with Gasteiger partial charge < -0.3 is 5.73 Å². The number of rotatable bonds is 4. The van der Waals surface area contributed by atoms with Crippen LogP contribution < -0.4 is 10.5 Å². The third-order valence-corrected chi connectivity index (χ3v) is 3.83. The Balaban J connectivity index is 2.38. The summed E-state index contributed by atoms with van der Waals surface area (Å²) in [6.07, 6.45) is 0.837. The molecule has 0 bridgehead atoms. The number of halogens is 1. The number of hydrogen-bond donors (Lipinski definition) is 2. The molecule has 21 heavy (non-hydrogen) atoms. The van der Waals surface area contributed by atoms with Crippen molar-refractivity contribution in [3.63, 3.8) is 0 Å². The van der Waals surface area contributed by atoms with Crippen molar-refractivity contribution in [2.75, 3.05) is 10.5 Å². The zero-order valence-corrected chi connectivity index (χ0v) is 11.2. The molecule has 0 atom stereocenters. The van der Waals surface area contributed by atoms with Crippen LogP contribution in [0.4, 0.5) is 21.6 Å². The Bertz CT molecular complexity index is 792. The first kappa shape index (κ1) is 14.7. The van der Waals surface area contributed by atoms with Crippen molar-refractivity contribution in [3.8, 4) is 0 Å². The maximum atomic E-state index is 12.7.